The first-order valence-electron chi connectivity index (χ1n) is 3.41. The highest BCUT2D eigenvalue weighted by molar-refractivity contribution is 9.10. The maximum atomic E-state index is 11.2. The van der Waals surface area contributed by atoms with Gasteiger partial charge in [-0.05, 0) is 28.1 Å². The van der Waals surface area contributed by atoms with E-state index in [1.54, 1.807) is 12.3 Å². The molecular formula is C8H5BrN2O. The van der Waals surface area contributed by atoms with Crippen LogP contribution in [0.2, 0.25) is 0 Å². The van der Waals surface area contributed by atoms with Crippen molar-refractivity contribution in [1.29, 1.82) is 0 Å². The molecule has 12 heavy (non-hydrogen) atoms. The van der Waals surface area contributed by atoms with Gasteiger partial charge >= 0.3 is 0 Å². The van der Waals surface area contributed by atoms with Crippen LogP contribution >= 0.6 is 15.9 Å². The van der Waals surface area contributed by atoms with Gasteiger partial charge in [-0.15, -0.1) is 0 Å². The zero-order valence-corrected chi connectivity index (χ0v) is 7.65. The van der Waals surface area contributed by atoms with Crippen molar-refractivity contribution in [2.45, 2.75) is 0 Å². The molecule has 0 unspecified atom stereocenters. The summed E-state index contributed by atoms with van der Waals surface area (Å²) < 4.78 is 2.31. The summed E-state index contributed by atoms with van der Waals surface area (Å²) in [6.07, 6.45) is 3.19. The molecular weight excluding hydrogens is 220 g/mol. The molecule has 0 aliphatic carbocycles. The average Bonchev–Trinajstić information content (AvgIpc) is 2.07. The van der Waals surface area contributed by atoms with Crippen LogP contribution in [-0.2, 0) is 0 Å². The van der Waals surface area contributed by atoms with Crippen molar-refractivity contribution >= 4 is 21.6 Å². The van der Waals surface area contributed by atoms with Crippen molar-refractivity contribution in [3.63, 3.8) is 0 Å². The second kappa shape index (κ2) is 2.71. The van der Waals surface area contributed by atoms with Gasteiger partial charge < -0.3 is 0 Å². The molecule has 0 amide bonds. The topological polar surface area (TPSA) is 34.4 Å². The Kier molecular flexibility index (Phi) is 1.69. The van der Waals surface area contributed by atoms with E-state index in [4.69, 9.17) is 0 Å². The second-order valence-electron chi connectivity index (χ2n) is 2.33. The third-order valence-corrected chi connectivity index (χ3v) is 2.19. The minimum absolute atomic E-state index is 0.0682. The monoisotopic (exact) mass is 224 g/mol. The molecule has 0 aromatic carbocycles. The number of nitrogens with zero attached hydrogens (tertiary/aromatic N) is 2. The lowest BCUT2D eigenvalue weighted by atomic mass is 10.4. The predicted molar refractivity (Wildman–Crippen MR) is 49.2 cm³/mol. The lowest BCUT2D eigenvalue weighted by molar-refractivity contribution is 1.04. The molecule has 2 aromatic heterocycles. The molecule has 0 N–H and O–H groups in total. The molecule has 4 heteroatoms. The molecule has 0 saturated carbocycles. The third kappa shape index (κ3) is 1.04. The van der Waals surface area contributed by atoms with Crippen LogP contribution in [0.1, 0.15) is 0 Å². The molecule has 60 valence electrons. The number of hydrogen-bond donors (Lipinski definition) is 0. The highest BCUT2D eigenvalue weighted by atomic mass is 79.9. The maximum absolute atomic E-state index is 11.2. The molecule has 0 bridgehead atoms. The number of rotatable bonds is 0. The van der Waals surface area contributed by atoms with Gasteiger partial charge in [-0.3, -0.25) is 9.20 Å². The van der Waals surface area contributed by atoms with E-state index in [1.165, 1.54) is 16.7 Å². The number of pyridine rings is 1. The van der Waals surface area contributed by atoms with Crippen LogP contribution in [-0.4, -0.2) is 9.38 Å². The van der Waals surface area contributed by atoms with E-state index in [0.717, 1.165) is 4.47 Å². The highest BCUT2D eigenvalue weighted by Crippen LogP contribution is 2.12. The molecule has 0 radical (unpaired) electrons. The molecule has 0 aliphatic heterocycles. The number of hydrogen-bond acceptors (Lipinski definition) is 2. The molecule has 2 heterocycles. The smallest absolute Gasteiger partial charge is 0.257 e. The van der Waals surface area contributed by atoms with Crippen LogP contribution in [0.25, 0.3) is 5.65 Å². The molecule has 0 atom stereocenters. The summed E-state index contributed by atoms with van der Waals surface area (Å²) in [7, 11) is 0. The number of halogens is 1. The maximum Gasteiger partial charge on any atom is 0.257 e. The van der Waals surface area contributed by atoms with E-state index in [9.17, 15) is 4.79 Å². The van der Waals surface area contributed by atoms with Gasteiger partial charge in [-0.25, -0.2) is 4.98 Å². The Morgan fingerprint density at radius 1 is 1.42 bits per heavy atom. The minimum Gasteiger partial charge on any atom is -0.269 e. The summed E-state index contributed by atoms with van der Waals surface area (Å²) in [6, 6.07) is 5.07. The van der Waals surface area contributed by atoms with Gasteiger partial charge in [0.15, 0.2) is 5.65 Å². The second-order valence-corrected chi connectivity index (χ2v) is 3.19. The average molecular weight is 225 g/mol. The summed E-state index contributed by atoms with van der Waals surface area (Å²) >= 11 is 3.31. The van der Waals surface area contributed by atoms with Gasteiger partial charge in [0.25, 0.3) is 5.56 Å². The molecule has 3 nitrogen and oxygen atoms in total. The SMILES string of the molecule is O=c1ccnc2c(Br)cccn12. The Balaban J connectivity index is 3.05. The summed E-state index contributed by atoms with van der Waals surface area (Å²) in [6.45, 7) is 0. The van der Waals surface area contributed by atoms with E-state index in [0.29, 0.717) is 5.65 Å². The summed E-state index contributed by atoms with van der Waals surface area (Å²) in [5, 5.41) is 0. The largest absolute Gasteiger partial charge is 0.269 e. The fourth-order valence-electron chi connectivity index (χ4n) is 1.03. The van der Waals surface area contributed by atoms with E-state index in [2.05, 4.69) is 20.9 Å². The molecule has 2 rings (SSSR count). The van der Waals surface area contributed by atoms with Crippen molar-refractivity contribution in [2.75, 3.05) is 0 Å². The van der Waals surface area contributed by atoms with Crippen LogP contribution < -0.4 is 5.56 Å². The molecule has 2 aromatic rings. The lowest BCUT2D eigenvalue weighted by Gasteiger charge is -1.98. The first-order valence-corrected chi connectivity index (χ1v) is 4.20. The van der Waals surface area contributed by atoms with Gasteiger partial charge in [-0.1, -0.05) is 0 Å². The summed E-state index contributed by atoms with van der Waals surface area (Å²) in [5.74, 6) is 0. The molecule has 0 aliphatic rings. The zero-order chi connectivity index (χ0) is 8.55. The van der Waals surface area contributed by atoms with Crippen molar-refractivity contribution in [3.05, 3.63) is 45.4 Å². The quantitative estimate of drug-likeness (QED) is 0.680. The third-order valence-electron chi connectivity index (χ3n) is 1.57. The van der Waals surface area contributed by atoms with E-state index in [-0.39, 0.29) is 5.56 Å². The summed E-state index contributed by atoms with van der Waals surface area (Å²) in [4.78, 5) is 15.3. The zero-order valence-electron chi connectivity index (χ0n) is 6.07. The number of fused-ring (bicyclic) bond motifs is 1. The van der Waals surface area contributed by atoms with Crippen molar-refractivity contribution < 1.29 is 0 Å². The minimum atomic E-state index is -0.0682. The van der Waals surface area contributed by atoms with Crippen LogP contribution in [0.4, 0.5) is 0 Å². The van der Waals surface area contributed by atoms with Crippen LogP contribution in [0.5, 0.6) is 0 Å². The Hall–Kier alpha value is -1.16. The van der Waals surface area contributed by atoms with E-state index in [1.807, 2.05) is 6.07 Å². The van der Waals surface area contributed by atoms with Crippen LogP contribution in [0.3, 0.4) is 0 Å². The van der Waals surface area contributed by atoms with Crippen molar-refractivity contribution in [1.82, 2.24) is 9.38 Å². The first kappa shape index (κ1) is 7.49. The Morgan fingerprint density at radius 3 is 3.00 bits per heavy atom. The van der Waals surface area contributed by atoms with E-state index >= 15 is 0 Å². The van der Waals surface area contributed by atoms with Crippen LogP contribution in [0.15, 0.2) is 39.9 Å². The van der Waals surface area contributed by atoms with Gasteiger partial charge in [-0.2, -0.15) is 0 Å². The van der Waals surface area contributed by atoms with Crippen molar-refractivity contribution in [3.8, 4) is 0 Å². The molecule has 0 spiro atoms. The standard InChI is InChI=1S/C8H5BrN2O/c9-6-2-1-5-11-7(12)3-4-10-8(6)11/h1-5H. The predicted octanol–water partition coefficient (Wildman–Crippen LogP) is 1.46. The van der Waals surface area contributed by atoms with Gasteiger partial charge in [0.1, 0.15) is 0 Å². The normalized spacial score (nSPS) is 10.4. The lowest BCUT2D eigenvalue weighted by Crippen LogP contribution is -2.12. The highest BCUT2D eigenvalue weighted by Gasteiger charge is 1.98. The molecule has 0 fully saturated rings. The first-order chi connectivity index (χ1) is 5.79. The van der Waals surface area contributed by atoms with Crippen molar-refractivity contribution in [2.24, 2.45) is 0 Å². The van der Waals surface area contributed by atoms with Gasteiger partial charge in [0.05, 0.1) is 4.47 Å². The van der Waals surface area contributed by atoms with E-state index < -0.39 is 0 Å². The Labute approximate surface area is 76.8 Å². The summed E-state index contributed by atoms with van der Waals surface area (Å²) in [5.41, 5.74) is 0.575. The fourth-order valence-corrected chi connectivity index (χ4v) is 1.47. The van der Waals surface area contributed by atoms with Crippen LogP contribution in [0, 0.1) is 0 Å². The van der Waals surface area contributed by atoms with Gasteiger partial charge in [0, 0.05) is 18.5 Å². The molecule has 0 saturated heterocycles. The fraction of sp³-hybridized carbons (Fsp3) is 0. The Morgan fingerprint density at radius 2 is 2.25 bits per heavy atom. The Bertz CT molecular complexity index is 478. The van der Waals surface area contributed by atoms with Gasteiger partial charge in [0.2, 0.25) is 0 Å². The number of aromatic nitrogens is 2.